The number of allylic oxidation sites excluding steroid dienone is 2. The van der Waals surface area contributed by atoms with Crippen molar-refractivity contribution in [1.29, 1.82) is 0 Å². The molecule has 0 aliphatic rings. The van der Waals surface area contributed by atoms with E-state index < -0.39 is 17.4 Å². The fourth-order valence-corrected chi connectivity index (χ4v) is 4.31. The summed E-state index contributed by atoms with van der Waals surface area (Å²) in [6.45, 7) is 6.61. The van der Waals surface area contributed by atoms with E-state index in [0.717, 1.165) is 40.6 Å². The average molecular weight is 582 g/mol. The van der Waals surface area contributed by atoms with Crippen molar-refractivity contribution in [2.45, 2.75) is 46.5 Å². The lowest BCUT2D eigenvalue weighted by Gasteiger charge is -2.18. The standard InChI is InChI=1S/C28H34N2O4S.BF4/c1-28(2,3)17-16-25-23(13-7-8-18-30-22-11-5-4-6-12-22)24-15-14-21(10-9-19-35(31,32)33)20-26(24)34-27(25)29;2-1(3,4)5/h4-8,11-15,18,20,30H,9-10,16-17,19,29H2,1-3H3;/q;-1/p+1. The molecule has 40 heavy (non-hydrogen) atoms. The molecule has 218 valence electrons. The lowest BCUT2D eigenvalue weighted by Crippen LogP contribution is -2.09. The second-order valence-electron chi connectivity index (χ2n) is 10.4. The predicted octanol–water partition coefficient (Wildman–Crippen LogP) is 8.03. The third-order valence-electron chi connectivity index (χ3n) is 5.67. The summed E-state index contributed by atoms with van der Waals surface area (Å²) in [5, 5.41) is 4.19. The molecule has 0 spiro atoms. The summed E-state index contributed by atoms with van der Waals surface area (Å²) in [5.74, 6) is 0.121. The zero-order valence-electron chi connectivity index (χ0n) is 22.7. The molecule has 0 saturated carbocycles. The molecule has 2 aromatic carbocycles. The summed E-state index contributed by atoms with van der Waals surface area (Å²) < 4.78 is 76.0. The highest BCUT2D eigenvalue weighted by molar-refractivity contribution is 7.85. The first kappa shape index (κ1) is 32.8. The second-order valence-corrected chi connectivity index (χ2v) is 11.9. The van der Waals surface area contributed by atoms with Crippen LogP contribution in [0.15, 0.2) is 71.3 Å². The molecule has 0 amide bonds. The van der Waals surface area contributed by atoms with Gasteiger partial charge in [0, 0.05) is 23.5 Å². The van der Waals surface area contributed by atoms with Crippen LogP contribution < -0.4 is 11.1 Å². The molecule has 4 N–H and O–H groups in total. The van der Waals surface area contributed by atoms with Gasteiger partial charge in [-0.2, -0.15) is 12.8 Å². The molecule has 3 aromatic rings. The fourth-order valence-electron chi connectivity index (χ4n) is 3.80. The number of hydrogen-bond acceptors (Lipinski definition) is 4. The summed E-state index contributed by atoms with van der Waals surface area (Å²) >= 11 is 0. The number of fused-ring (bicyclic) bond motifs is 1. The summed E-state index contributed by atoms with van der Waals surface area (Å²) in [7, 11) is -9.97. The third-order valence-corrected chi connectivity index (χ3v) is 6.47. The zero-order chi connectivity index (χ0) is 30.0. The molecule has 1 heterocycles. The normalized spacial score (nSPS) is 12.6. The molecular weight excluding hydrogens is 547 g/mol. The largest absolute Gasteiger partial charge is 0.673 e. The molecular formula is C28H35BF4N2O4S. The van der Waals surface area contributed by atoms with Gasteiger partial charge in [-0.3, -0.25) is 4.55 Å². The molecule has 6 nitrogen and oxygen atoms in total. The van der Waals surface area contributed by atoms with E-state index in [-0.39, 0.29) is 11.2 Å². The van der Waals surface area contributed by atoms with Crippen LogP contribution in [0.1, 0.15) is 50.3 Å². The van der Waals surface area contributed by atoms with Gasteiger partial charge in [-0.15, -0.1) is 0 Å². The molecule has 0 radical (unpaired) electrons. The van der Waals surface area contributed by atoms with Crippen LogP contribution in [0.4, 0.5) is 28.8 Å². The van der Waals surface area contributed by atoms with Gasteiger partial charge >= 0.3 is 18.7 Å². The number of nitrogens with two attached hydrogens (primary N) is 1. The summed E-state index contributed by atoms with van der Waals surface area (Å²) in [6.07, 6.45) is 10.4. The van der Waals surface area contributed by atoms with Crippen molar-refractivity contribution >= 4 is 46.0 Å². The molecule has 0 unspecified atom stereocenters. The van der Waals surface area contributed by atoms with Crippen LogP contribution in [0.3, 0.4) is 0 Å². The Bertz CT molecular complexity index is 1420. The Balaban J connectivity index is 0.00000103. The van der Waals surface area contributed by atoms with Gasteiger partial charge in [0.25, 0.3) is 10.1 Å². The van der Waals surface area contributed by atoms with E-state index in [0.29, 0.717) is 24.3 Å². The molecule has 1 aromatic heterocycles. The van der Waals surface area contributed by atoms with E-state index >= 15 is 0 Å². The molecule has 3 rings (SSSR count). The van der Waals surface area contributed by atoms with Crippen LogP contribution in [0, 0.1) is 5.41 Å². The van der Waals surface area contributed by atoms with E-state index in [9.17, 15) is 25.7 Å². The molecule has 0 saturated heterocycles. The number of hydrogen-bond donors (Lipinski definition) is 3. The van der Waals surface area contributed by atoms with E-state index in [1.807, 2.05) is 73.0 Å². The molecule has 0 aliphatic heterocycles. The van der Waals surface area contributed by atoms with Gasteiger partial charge in [-0.05, 0) is 60.9 Å². The molecule has 12 heteroatoms. The SMILES string of the molecule is CC(C)(C)CCc1c(N)[o+]c2cc(CCCS(=O)(=O)O)ccc2c1C=CC=CNc1ccccc1.F[B-](F)(F)F. The first-order chi connectivity index (χ1) is 18.5. The van der Waals surface area contributed by atoms with Crippen molar-refractivity contribution in [3.63, 3.8) is 0 Å². The minimum atomic E-state index is -6.00. The minimum Gasteiger partial charge on any atom is -0.418 e. The highest BCUT2D eigenvalue weighted by Gasteiger charge is 2.24. The fraction of sp³-hybridized carbons (Fsp3) is 0.321. The Kier molecular flexibility index (Phi) is 11.7. The smallest absolute Gasteiger partial charge is 0.418 e. The topological polar surface area (TPSA) is 104 Å². The van der Waals surface area contributed by atoms with Crippen molar-refractivity contribution in [3.05, 3.63) is 83.6 Å². The molecule has 0 fully saturated rings. The van der Waals surface area contributed by atoms with Gasteiger partial charge in [0.15, 0.2) is 0 Å². The second kappa shape index (κ2) is 14.3. The number of aryl methyl sites for hydroxylation is 1. The van der Waals surface area contributed by atoms with Crippen LogP contribution in [-0.4, -0.2) is 26.0 Å². The van der Waals surface area contributed by atoms with Gasteiger partial charge in [0.2, 0.25) is 0 Å². The monoisotopic (exact) mass is 582 g/mol. The van der Waals surface area contributed by atoms with Crippen LogP contribution in [-0.2, 0) is 23.0 Å². The van der Waals surface area contributed by atoms with E-state index in [1.165, 1.54) is 0 Å². The summed E-state index contributed by atoms with van der Waals surface area (Å²) in [5.41, 5.74) is 11.1. The Morgan fingerprint density at radius 1 is 1.02 bits per heavy atom. The number of benzene rings is 2. The molecule has 0 atom stereocenters. The maximum atomic E-state index is 11.0. The first-order valence-corrected chi connectivity index (χ1v) is 14.3. The average Bonchev–Trinajstić information content (AvgIpc) is 2.81. The van der Waals surface area contributed by atoms with Crippen LogP contribution >= 0.6 is 0 Å². The number of halogens is 4. The summed E-state index contributed by atoms with van der Waals surface area (Å²) in [4.78, 5) is 0. The Morgan fingerprint density at radius 2 is 1.68 bits per heavy atom. The lowest BCUT2D eigenvalue weighted by atomic mass is 9.87. The maximum Gasteiger partial charge on any atom is 0.673 e. The Morgan fingerprint density at radius 3 is 2.27 bits per heavy atom. The first-order valence-electron chi connectivity index (χ1n) is 12.7. The van der Waals surface area contributed by atoms with Crippen LogP contribution in [0.25, 0.3) is 17.0 Å². The molecule has 0 bridgehead atoms. The van der Waals surface area contributed by atoms with Gasteiger partial charge in [0.1, 0.15) is 0 Å². The number of nitrogen functional groups attached to an aromatic ring is 1. The van der Waals surface area contributed by atoms with Crippen molar-refractivity contribution in [1.82, 2.24) is 0 Å². The maximum absolute atomic E-state index is 11.0. The van der Waals surface area contributed by atoms with Gasteiger partial charge in [0.05, 0.1) is 16.7 Å². The lowest BCUT2D eigenvalue weighted by molar-refractivity contribution is 0.368. The number of anilines is 2. The number of rotatable bonds is 10. The zero-order valence-corrected chi connectivity index (χ0v) is 23.5. The number of nitrogens with one attached hydrogen (secondary N) is 1. The quantitative estimate of drug-likeness (QED) is 0.0735. The van der Waals surface area contributed by atoms with Crippen molar-refractivity contribution in [2.75, 3.05) is 16.8 Å². The van der Waals surface area contributed by atoms with Crippen LogP contribution in [0.2, 0.25) is 0 Å². The Hall–Kier alpha value is -3.38. The van der Waals surface area contributed by atoms with Crippen LogP contribution in [0.5, 0.6) is 0 Å². The van der Waals surface area contributed by atoms with Crippen molar-refractivity contribution in [3.8, 4) is 0 Å². The Labute approximate surface area is 232 Å². The van der Waals surface area contributed by atoms with E-state index in [4.69, 9.17) is 14.7 Å². The predicted molar refractivity (Wildman–Crippen MR) is 156 cm³/mol. The molecule has 0 aliphatic carbocycles. The minimum absolute atomic E-state index is 0.152. The van der Waals surface area contributed by atoms with Gasteiger partial charge in [-0.1, -0.05) is 57.2 Å². The summed E-state index contributed by atoms with van der Waals surface area (Å²) in [6, 6.07) is 15.8. The van der Waals surface area contributed by atoms with E-state index in [1.54, 1.807) is 0 Å². The highest BCUT2D eigenvalue weighted by atomic mass is 32.2. The van der Waals surface area contributed by atoms with E-state index in [2.05, 4.69) is 26.1 Å². The highest BCUT2D eigenvalue weighted by Crippen LogP contribution is 2.33. The van der Waals surface area contributed by atoms with Gasteiger partial charge in [-0.25, -0.2) is 0 Å². The third kappa shape index (κ3) is 13.1. The van der Waals surface area contributed by atoms with Gasteiger partial charge < -0.3 is 28.3 Å². The van der Waals surface area contributed by atoms with Crippen molar-refractivity contribution in [2.24, 2.45) is 5.41 Å². The van der Waals surface area contributed by atoms with Crippen molar-refractivity contribution < 1.29 is 34.7 Å². The number of para-hydroxylation sites is 1.